The minimum Gasteiger partial charge on any atom is -0.354 e. The van der Waals surface area contributed by atoms with Crippen molar-refractivity contribution in [1.82, 2.24) is 4.90 Å². The fourth-order valence-electron chi connectivity index (χ4n) is 1.87. The molecule has 2 nitrogen and oxygen atoms in total. The molecular formula is C15H17Cl3N2. The molecule has 0 fully saturated rings. The van der Waals surface area contributed by atoms with Crippen molar-refractivity contribution in [3.63, 3.8) is 0 Å². The predicted octanol–water partition coefficient (Wildman–Crippen LogP) is 5.22. The van der Waals surface area contributed by atoms with Gasteiger partial charge in [-0.2, -0.15) is 0 Å². The van der Waals surface area contributed by atoms with Gasteiger partial charge in [-0.25, -0.2) is 0 Å². The summed E-state index contributed by atoms with van der Waals surface area (Å²) >= 11 is 12.2. The zero-order chi connectivity index (χ0) is 13.8. The maximum Gasteiger partial charge on any atom is 0.0827 e. The minimum atomic E-state index is 0. The number of anilines is 2. The fraction of sp³-hybridized carbons (Fsp3) is 0.200. The first-order valence-electron chi connectivity index (χ1n) is 6.01. The van der Waals surface area contributed by atoms with Crippen LogP contribution >= 0.6 is 35.6 Å². The van der Waals surface area contributed by atoms with E-state index < -0.39 is 0 Å². The molecular weight excluding hydrogens is 315 g/mol. The van der Waals surface area contributed by atoms with Gasteiger partial charge >= 0.3 is 0 Å². The first-order valence-corrected chi connectivity index (χ1v) is 6.77. The molecule has 20 heavy (non-hydrogen) atoms. The Bertz CT molecular complexity index is 571. The average Bonchev–Trinajstić information content (AvgIpc) is 2.36. The van der Waals surface area contributed by atoms with E-state index in [4.69, 9.17) is 23.2 Å². The van der Waals surface area contributed by atoms with E-state index >= 15 is 0 Å². The topological polar surface area (TPSA) is 15.3 Å². The van der Waals surface area contributed by atoms with Gasteiger partial charge in [0, 0.05) is 12.2 Å². The van der Waals surface area contributed by atoms with Crippen molar-refractivity contribution in [2.45, 2.75) is 6.54 Å². The molecule has 0 unspecified atom stereocenters. The number of rotatable bonds is 4. The number of hydrogen-bond acceptors (Lipinski definition) is 2. The van der Waals surface area contributed by atoms with E-state index in [1.54, 1.807) is 6.07 Å². The molecule has 0 amide bonds. The van der Waals surface area contributed by atoms with Crippen LogP contribution in [-0.2, 0) is 6.54 Å². The summed E-state index contributed by atoms with van der Waals surface area (Å²) in [4.78, 5) is 2.13. The third kappa shape index (κ3) is 4.29. The number of nitrogens with one attached hydrogen (secondary N) is 1. The molecule has 0 radical (unpaired) electrons. The summed E-state index contributed by atoms with van der Waals surface area (Å²) in [5, 5.41) is 4.44. The van der Waals surface area contributed by atoms with Crippen molar-refractivity contribution in [2.75, 3.05) is 19.4 Å². The highest BCUT2D eigenvalue weighted by atomic mass is 35.5. The van der Waals surface area contributed by atoms with Crippen molar-refractivity contribution < 1.29 is 0 Å². The molecule has 0 atom stereocenters. The van der Waals surface area contributed by atoms with Crippen LogP contribution in [0.2, 0.25) is 10.0 Å². The van der Waals surface area contributed by atoms with Crippen molar-refractivity contribution in [2.24, 2.45) is 0 Å². The molecule has 2 aromatic rings. The van der Waals surface area contributed by atoms with Crippen LogP contribution in [-0.4, -0.2) is 19.0 Å². The summed E-state index contributed by atoms with van der Waals surface area (Å²) in [5.41, 5.74) is 3.07. The second kappa shape index (κ2) is 7.75. The number of benzene rings is 2. The van der Waals surface area contributed by atoms with Gasteiger partial charge in [0.15, 0.2) is 0 Å². The van der Waals surface area contributed by atoms with Gasteiger partial charge in [0.1, 0.15) is 0 Å². The highest BCUT2D eigenvalue weighted by Crippen LogP contribution is 2.32. The number of nitrogens with zero attached hydrogens (tertiary/aromatic N) is 1. The first kappa shape index (κ1) is 17.1. The van der Waals surface area contributed by atoms with E-state index in [9.17, 15) is 0 Å². The molecule has 0 aromatic heterocycles. The van der Waals surface area contributed by atoms with Gasteiger partial charge in [0.05, 0.1) is 15.7 Å². The summed E-state index contributed by atoms with van der Waals surface area (Å²) in [7, 11) is 4.09. The molecule has 0 spiro atoms. The number of para-hydroxylation sites is 1. The predicted molar refractivity (Wildman–Crippen MR) is 90.8 cm³/mol. The lowest BCUT2D eigenvalue weighted by molar-refractivity contribution is 0.403. The molecule has 0 heterocycles. The molecule has 2 rings (SSSR count). The van der Waals surface area contributed by atoms with Crippen LogP contribution in [0, 0.1) is 0 Å². The lowest BCUT2D eigenvalue weighted by Gasteiger charge is -2.16. The van der Waals surface area contributed by atoms with Crippen molar-refractivity contribution in [3.05, 3.63) is 58.1 Å². The summed E-state index contributed by atoms with van der Waals surface area (Å²) < 4.78 is 0. The van der Waals surface area contributed by atoms with Crippen LogP contribution in [0.15, 0.2) is 42.5 Å². The molecule has 0 bridgehead atoms. The normalized spacial score (nSPS) is 10.2. The number of halogens is 3. The van der Waals surface area contributed by atoms with E-state index in [1.165, 1.54) is 5.56 Å². The maximum absolute atomic E-state index is 6.20. The summed E-state index contributed by atoms with van der Waals surface area (Å²) in [6, 6.07) is 13.7. The molecule has 0 saturated heterocycles. The molecule has 5 heteroatoms. The van der Waals surface area contributed by atoms with Crippen LogP contribution in [0.25, 0.3) is 0 Å². The molecule has 0 saturated carbocycles. The quantitative estimate of drug-likeness (QED) is 0.826. The first-order chi connectivity index (χ1) is 9.08. The summed E-state index contributed by atoms with van der Waals surface area (Å²) in [5.74, 6) is 0. The van der Waals surface area contributed by atoms with E-state index in [-0.39, 0.29) is 12.4 Å². The van der Waals surface area contributed by atoms with Gasteiger partial charge in [0.25, 0.3) is 0 Å². The van der Waals surface area contributed by atoms with Gasteiger partial charge in [-0.15, -0.1) is 12.4 Å². The minimum absolute atomic E-state index is 0. The van der Waals surface area contributed by atoms with Crippen molar-refractivity contribution >= 4 is 47.0 Å². The zero-order valence-electron chi connectivity index (χ0n) is 11.4. The van der Waals surface area contributed by atoms with E-state index in [1.807, 2.05) is 44.4 Å². The Balaban J connectivity index is 0.00000200. The largest absolute Gasteiger partial charge is 0.354 e. The fourth-order valence-corrected chi connectivity index (χ4v) is 2.21. The van der Waals surface area contributed by atoms with Crippen molar-refractivity contribution in [3.8, 4) is 0 Å². The highest BCUT2D eigenvalue weighted by Gasteiger charge is 2.07. The number of hydrogen-bond donors (Lipinski definition) is 1. The van der Waals surface area contributed by atoms with Gasteiger partial charge < -0.3 is 10.2 Å². The second-order valence-electron chi connectivity index (χ2n) is 4.62. The molecule has 108 valence electrons. The Kier molecular flexibility index (Phi) is 6.63. The average molecular weight is 332 g/mol. The third-order valence-corrected chi connectivity index (χ3v) is 3.54. The lowest BCUT2D eigenvalue weighted by Crippen LogP contribution is -2.12. The van der Waals surface area contributed by atoms with Crippen LogP contribution in [0.1, 0.15) is 5.56 Å². The monoisotopic (exact) mass is 330 g/mol. The maximum atomic E-state index is 6.20. The van der Waals surface area contributed by atoms with E-state index in [0.717, 1.165) is 17.9 Å². The van der Waals surface area contributed by atoms with E-state index in [0.29, 0.717) is 10.0 Å². The second-order valence-corrected chi connectivity index (χ2v) is 5.41. The lowest BCUT2D eigenvalue weighted by atomic mass is 10.1. The Labute approximate surface area is 136 Å². The van der Waals surface area contributed by atoms with Crippen LogP contribution in [0.3, 0.4) is 0 Å². The Hall–Kier alpha value is -0.930. The van der Waals surface area contributed by atoms with Crippen LogP contribution in [0.5, 0.6) is 0 Å². The van der Waals surface area contributed by atoms with Gasteiger partial charge in [-0.05, 0) is 37.9 Å². The summed E-state index contributed by atoms with van der Waals surface area (Å²) in [6.07, 6.45) is 0. The molecule has 0 aliphatic rings. The third-order valence-electron chi connectivity index (χ3n) is 2.72. The highest BCUT2D eigenvalue weighted by molar-refractivity contribution is 6.43. The SMILES string of the molecule is CN(C)Cc1ccccc1Nc1cccc(Cl)c1Cl.Cl. The van der Waals surface area contributed by atoms with Gasteiger partial charge in [-0.3, -0.25) is 0 Å². The Morgan fingerprint density at radius 1 is 0.950 bits per heavy atom. The van der Waals surface area contributed by atoms with Crippen LogP contribution in [0.4, 0.5) is 11.4 Å². The molecule has 0 aliphatic carbocycles. The molecule has 1 N–H and O–H groups in total. The summed E-state index contributed by atoms with van der Waals surface area (Å²) in [6.45, 7) is 0.862. The smallest absolute Gasteiger partial charge is 0.0827 e. The van der Waals surface area contributed by atoms with Crippen molar-refractivity contribution in [1.29, 1.82) is 0 Å². The van der Waals surface area contributed by atoms with Crippen LogP contribution < -0.4 is 5.32 Å². The standard InChI is InChI=1S/C15H16Cl2N2.ClH/c1-19(2)10-11-6-3-4-8-13(11)18-14-9-5-7-12(16)15(14)17;/h3-9,18H,10H2,1-2H3;1H. The zero-order valence-corrected chi connectivity index (χ0v) is 13.7. The van der Waals surface area contributed by atoms with Gasteiger partial charge in [0.2, 0.25) is 0 Å². The molecule has 0 aliphatic heterocycles. The molecule has 2 aromatic carbocycles. The van der Waals surface area contributed by atoms with E-state index in [2.05, 4.69) is 16.3 Å². The Morgan fingerprint density at radius 3 is 2.30 bits per heavy atom. The Morgan fingerprint density at radius 2 is 1.60 bits per heavy atom. The van der Waals surface area contributed by atoms with Gasteiger partial charge in [-0.1, -0.05) is 47.5 Å².